The lowest BCUT2D eigenvalue weighted by Crippen LogP contribution is -2.41. The zero-order valence-electron chi connectivity index (χ0n) is 24.5. The van der Waals surface area contributed by atoms with E-state index in [2.05, 4.69) is 30.7 Å². The summed E-state index contributed by atoms with van der Waals surface area (Å²) >= 11 is 0. The molecule has 45 heavy (non-hydrogen) atoms. The highest BCUT2D eigenvalue weighted by molar-refractivity contribution is 5.98. The Hall–Kier alpha value is -5.01. The molecule has 4 heterocycles. The number of oxazole rings is 1. The SMILES string of the molecule is CC(C)(F)C(=O)Nc1ccc2oc(-c3ccnc(C(=O)N4CCC(C(c5ccccc5)[N+]5=NC(C(F)F)N=N5)CC4)c3)nc2c1. The number of halogens is 3. The number of hydrogen-bond donors (Lipinski definition) is 1. The molecule has 2 unspecified atom stereocenters. The molecule has 2 amide bonds. The number of rotatable bonds is 8. The minimum Gasteiger partial charge on any atom is -0.436 e. The minimum atomic E-state index is -2.74. The number of fused-ring (bicyclic) bond motifs is 1. The summed E-state index contributed by atoms with van der Waals surface area (Å²) in [5, 5.41) is 14.1. The van der Waals surface area contributed by atoms with Gasteiger partial charge in [0.05, 0.1) is 5.11 Å². The Labute approximate surface area is 255 Å². The van der Waals surface area contributed by atoms with Crippen molar-refractivity contribution < 1.29 is 32.0 Å². The van der Waals surface area contributed by atoms with E-state index in [9.17, 15) is 22.8 Å². The molecule has 2 aromatic heterocycles. The van der Waals surface area contributed by atoms with Gasteiger partial charge < -0.3 is 14.6 Å². The molecule has 0 aliphatic carbocycles. The number of likely N-dealkylation sites (tertiary alicyclic amines) is 1. The molecule has 0 saturated carbocycles. The molecular formula is C31H30F3N8O3+. The molecule has 2 aromatic carbocycles. The van der Waals surface area contributed by atoms with Gasteiger partial charge in [0.15, 0.2) is 22.5 Å². The first-order valence-electron chi connectivity index (χ1n) is 14.5. The average Bonchev–Trinajstić information content (AvgIpc) is 3.69. The number of benzene rings is 2. The number of carbonyl (C=O) groups is 2. The second kappa shape index (κ2) is 12.2. The van der Waals surface area contributed by atoms with Crippen LogP contribution >= 0.6 is 0 Å². The van der Waals surface area contributed by atoms with Crippen molar-refractivity contribution in [3.05, 3.63) is 78.1 Å². The van der Waals surface area contributed by atoms with Crippen LogP contribution in [0.2, 0.25) is 0 Å². The second-order valence-electron chi connectivity index (χ2n) is 11.4. The number of alkyl halides is 3. The minimum absolute atomic E-state index is 0.0136. The van der Waals surface area contributed by atoms with Gasteiger partial charge >= 0.3 is 12.6 Å². The summed E-state index contributed by atoms with van der Waals surface area (Å²) in [6.45, 7) is 3.20. The molecule has 6 rings (SSSR count). The van der Waals surface area contributed by atoms with Gasteiger partial charge in [-0.1, -0.05) is 30.3 Å². The van der Waals surface area contributed by atoms with Gasteiger partial charge in [-0.15, -0.1) is 0 Å². The number of carbonyl (C=O) groups excluding carboxylic acids is 2. The van der Waals surface area contributed by atoms with Crippen LogP contribution < -0.4 is 5.32 Å². The number of hydrogen-bond acceptors (Lipinski definition) is 8. The van der Waals surface area contributed by atoms with Gasteiger partial charge in [-0.05, 0) is 66.9 Å². The maximum atomic E-state index is 14.0. The Balaban J connectivity index is 1.16. The van der Waals surface area contributed by atoms with E-state index >= 15 is 0 Å². The highest BCUT2D eigenvalue weighted by Crippen LogP contribution is 2.36. The number of amides is 2. The lowest BCUT2D eigenvalue weighted by Gasteiger charge is -2.34. The van der Waals surface area contributed by atoms with Crippen molar-refractivity contribution in [2.24, 2.45) is 21.4 Å². The lowest BCUT2D eigenvalue weighted by atomic mass is 9.85. The second-order valence-corrected chi connectivity index (χ2v) is 11.4. The molecule has 11 nitrogen and oxygen atoms in total. The van der Waals surface area contributed by atoms with Crippen molar-refractivity contribution in [1.29, 1.82) is 0 Å². The zero-order chi connectivity index (χ0) is 31.7. The van der Waals surface area contributed by atoms with Crippen LogP contribution in [0.25, 0.3) is 22.6 Å². The Morgan fingerprint density at radius 1 is 1.07 bits per heavy atom. The standard InChI is InChI=1S/C31H29F3N8O3/c1-31(2,34)30(44)36-21-8-9-24-22(17-21)37-28(45-24)20-10-13-35-23(16-20)29(43)41-14-11-19(12-15-41)25(18-6-4-3-5-7-18)42-39-27(26(32)33)38-40-42/h3-10,13,16-17,19,25-27H,11-12,14-15H2,1-2H3/p+1. The van der Waals surface area contributed by atoms with E-state index in [1.54, 1.807) is 35.2 Å². The van der Waals surface area contributed by atoms with Gasteiger partial charge in [-0.2, -0.15) is 0 Å². The van der Waals surface area contributed by atoms with Crippen LogP contribution in [0.1, 0.15) is 48.8 Å². The molecule has 2 aliphatic heterocycles. The highest BCUT2D eigenvalue weighted by atomic mass is 19.3. The summed E-state index contributed by atoms with van der Waals surface area (Å²) < 4.78 is 46.3. The topological polar surface area (TPSA) is 128 Å². The fourth-order valence-corrected chi connectivity index (χ4v) is 5.41. The summed E-state index contributed by atoms with van der Waals surface area (Å²) in [5.41, 5.74) is 0.862. The third-order valence-corrected chi connectivity index (χ3v) is 7.80. The fourth-order valence-electron chi connectivity index (χ4n) is 5.41. The van der Waals surface area contributed by atoms with Gasteiger partial charge in [0.25, 0.3) is 11.8 Å². The average molecular weight is 620 g/mol. The molecule has 0 radical (unpaired) electrons. The van der Waals surface area contributed by atoms with Gasteiger partial charge in [0, 0.05) is 42.0 Å². The molecule has 0 bridgehead atoms. The van der Waals surface area contributed by atoms with E-state index in [-0.39, 0.29) is 23.4 Å². The van der Waals surface area contributed by atoms with Crippen LogP contribution in [0.3, 0.4) is 0 Å². The molecule has 0 spiro atoms. The number of pyridine rings is 1. The van der Waals surface area contributed by atoms with Gasteiger partial charge in [-0.3, -0.25) is 14.6 Å². The number of azo groups is 1. The Morgan fingerprint density at radius 2 is 1.82 bits per heavy atom. The van der Waals surface area contributed by atoms with Crippen LogP contribution in [-0.4, -0.2) is 62.8 Å². The monoisotopic (exact) mass is 619 g/mol. The molecule has 1 N–H and O–H groups in total. The molecule has 2 aliphatic rings. The Bertz CT molecular complexity index is 1780. The largest absolute Gasteiger partial charge is 0.436 e. The molecule has 4 aromatic rings. The van der Waals surface area contributed by atoms with Crippen LogP contribution in [-0.2, 0) is 4.79 Å². The van der Waals surface area contributed by atoms with Crippen LogP contribution in [0.4, 0.5) is 18.9 Å². The van der Waals surface area contributed by atoms with Gasteiger partial charge in [0.1, 0.15) is 11.2 Å². The maximum Gasteiger partial charge on any atom is 0.354 e. The summed E-state index contributed by atoms with van der Waals surface area (Å²) in [6.07, 6.45) is -1.57. The number of aromatic nitrogens is 2. The van der Waals surface area contributed by atoms with Crippen molar-refractivity contribution in [3.63, 3.8) is 0 Å². The van der Waals surface area contributed by atoms with Crippen molar-refractivity contribution >= 4 is 28.6 Å². The van der Waals surface area contributed by atoms with E-state index in [0.29, 0.717) is 48.3 Å². The number of nitrogens with one attached hydrogen (secondary N) is 1. The normalized spacial score (nSPS) is 18.0. The summed E-state index contributed by atoms with van der Waals surface area (Å²) in [5.74, 6) is -0.796. The van der Waals surface area contributed by atoms with E-state index in [1.807, 2.05) is 30.3 Å². The fraction of sp³-hybridized carbons (Fsp3) is 0.355. The molecule has 1 fully saturated rings. The van der Waals surface area contributed by atoms with Gasteiger partial charge in [-0.25, -0.2) is 18.2 Å². The molecule has 2 atom stereocenters. The lowest BCUT2D eigenvalue weighted by molar-refractivity contribution is -0.648. The molecular weight excluding hydrogens is 589 g/mol. The predicted octanol–water partition coefficient (Wildman–Crippen LogP) is 6.61. The van der Waals surface area contributed by atoms with Crippen molar-refractivity contribution in [2.75, 3.05) is 18.4 Å². The summed E-state index contributed by atoms with van der Waals surface area (Å²) in [4.78, 5) is 37.3. The smallest absolute Gasteiger partial charge is 0.354 e. The van der Waals surface area contributed by atoms with E-state index in [4.69, 9.17) is 4.42 Å². The first-order valence-corrected chi connectivity index (χ1v) is 14.5. The molecule has 232 valence electrons. The Morgan fingerprint density at radius 3 is 2.51 bits per heavy atom. The van der Waals surface area contributed by atoms with Crippen LogP contribution in [0.5, 0.6) is 0 Å². The van der Waals surface area contributed by atoms with Crippen molar-refractivity contribution in [2.45, 2.75) is 51.0 Å². The summed E-state index contributed by atoms with van der Waals surface area (Å²) in [6, 6.07) is 17.1. The first kappa shape index (κ1) is 30.0. The van der Waals surface area contributed by atoms with E-state index in [1.165, 1.54) is 24.9 Å². The first-order chi connectivity index (χ1) is 21.6. The maximum absolute atomic E-state index is 14.0. The summed E-state index contributed by atoms with van der Waals surface area (Å²) in [7, 11) is 0. The number of piperidine rings is 1. The number of anilines is 1. The number of nitrogens with zero attached hydrogens (tertiary/aromatic N) is 7. The molecule has 1 saturated heterocycles. The Kier molecular flexibility index (Phi) is 8.12. The van der Waals surface area contributed by atoms with Crippen LogP contribution in [0, 0.1) is 5.92 Å². The predicted molar refractivity (Wildman–Crippen MR) is 156 cm³/mol. The van der Waals surface area contributed by atoms with Crippen molar-refractivity contribution in [1.82, 2.24) is 14.9 Å². The van der Waals surface area contributed by atoms with E-state index < -0.39 is 30.2 Å². The third-order valence-electron chi connectivity index (χ3n) is 7.80. The van der Waals surface area contributed by atoms with E-state index in [0.717, 1.165) is 5.56 Å². The highest BCUT2D eigenvalue weighted by Gasteiger charge is 2.41. The van der Waals surface area contributed by atoms with Crippen molar-refractivity contribution in [3.8, 4) is 11.5 Å². The quantitative estimate of drug-likeness (QED) is 0.222. The van der Waals surface area contributed by atoms with Gasteiger partial charge in [0.2, 0.25) is 5.89 Å². The molecule has 14 heteroatoms. The van der Waals surface area contributed by atoms with Crippen LogP contribution in [0.15, 0.2) is 86.7 Å². The zero-order valence-corrected chi connectivity index (χ0v) is 24.5. The third kappa shape index (κ3) is 6.44.